The Balaban J connectivity index is 2.54. The van der Waals surface area contributed by atoms with Gasteiger partial charge in [0.05, 0.1) is 5.69 Å². The summed E-state index contributed by atoms with van der Waals surface area (Å²) in [5.74, 6) is 0. The zero-order chi connectivity index (χ0) is 9.10. The van der Waals surface area contributed by atoms with Gasteiger partial charge >= 0.3 is 0 Å². The number of hydrogen-bond acceptors (Lipinski definition) is 2. The Labute approximate surface area is 77.3 Å². The number of rotatable bonds is 1. The molecule has 0 atom stereocenters. The monoisotopic (exact) mass is 169 g/mol. The van der Waals surface area contributed by atoms with Crippen LogP contribution in [0.5, 0.6) is 0 Å². The van der Waals surface area contributed by atoms with Crippen molar-refractivity contribution in [2.24, 2.45) is 0 Å². The van der Waals surface area contributed by atoms with Crippen molar-refractivity contribution >= 4 is 0 Å². The maximum atomic E-state index is 4.11. The van der Waals surface area contributed by atoms with Gasteiger partial charge in [-0.1, -0.05) is 30.3 Å². The molecule has 0 unspecified atom stereocenters. The lowest BCUT2D eigenvalue weighted by atomic mass is 10.1. The molecule has 1 heterocycles. The molecule has 0 saturated carbocycles. The summed E-state index contributed by atoms with van der Waals surface area (Å²) in [4.78, 5) is 7.95. The van der Waals surface area contributed by atoms with Crippen LogP contribution in [-0.2, 0) is 0 Å². The Kier molecular flexibility index (Phi) is 2.04. The fourth-order valence-electron chi connectivity index (χ4n) is 1.24. The lowest BCUT2D eigenvalue weighted by Crippen LogP contribution is -1.88. The third kappa shape index (κ3) is 1.56. The van der Waals surface area contributed by atoms with Gasteiger partial charge in [0.2, 0.25) is 0 Å². The molecule has 0 aliphatic rings. The van der Waals surface area contributed by atoms with E-state index >= 15 is 0 Å². The summed E-state index contributed by atoms with van der Waals surface area (Å²) >= 11 is 0. The molecule has 0 N–H and O–H groups in total. The molecule has 1 aromatic carbocycles. The molecule has 2 aromatic rings. The number of nitrogens with zero attached hydrogens (tertiary/aromatic N) is 2. The fraction of sp³-hybridized carbons (Fsp3) is 0.0909. The molecule has 2 rings (SSSR count). The molecule has 2 heteroatoms. The Morgan fingerprint density at radius 1 is 1.15 bits per heavy atom. The van der Waals surface area contributed by atoms with Crippen LogP contribution in [0.25, 0.3) is 11.3 Å². The summed E-state index contributed by atoms with van der Waals surface area (Å²) < 4.78 is 0. The minimum absolute atomic E-state index is 0.954. The average Bonchev–Trinajstić information content (AvgIpc) is 2.20. The van der Waals surface area contributed by atoms with Gasteiger partial charge in [0.25, 0.3) is 0 Å². The number of aryl methyl sites for hydroxylation is 1. The molecular formula is C11H9N2. The van der Waals surface area contributed by atoms with Gasteiger partial charge in [0.15, 0.2) is 6.33 Å². The lowest BCUT2D eigenvalue weighted by molar-refractivity contribution is 1.12. The van der Waals surface area contributed by atoms with Gasteiger partial charge in [0, 0.05) is 11.8 Å². The normalized spacial score (nSPS) is 9.92. The smallest absolute Gasteiger partial charge is 0.198 e. The largest absolute Gasteiger partial charge is 0.233 e. The average molecular weight is 169 g/mol. The van der Waals surface area contributed by atoms with Crippen LogP contribution in [0.15, 0.2) is 36.5 Å². The topological polar surface area (TPSA) is 25.8 Å². The van der Waals surface area contributed by atoms with Gasteiger partial charge in [0.1, 0.15) is 0 Å². The van der Waals surface area contributed by atoms with Crippen LogP contribution in [0, 0.1) is 13.3 Å². The van der Waals surface area contributed by atoms with Gasteiger partial charge in [-0.3, -0.25) is 0 Å². The second kappa shape index (κ2) is 3.35. The van der Waals surface area contributed by atoms with Crippen molar-refractivity contribution in [2.75, 3.05) is 0 Å². The van der Waals surface area contributed by atoms with E-state index in [0.717, 1.165) is 16.8 Å². The van der Waals surface area contributed by atoms with Crippen LogP contribution in [0.3, 0.4) is 0 Å². The van der Waals surface area contributed by atoms with E-state index in [2.05, 4.69) is 16.3 Å². The van der Waals surface area contributed by atoms with E-state index in [9.17, 15) is 0 Å². The highest BCUT2D eigenvalue weighted by Gasteiger charge is 2.00. The molecule has 0 fully saturated rings. The second-order valence-corrected chi connectivity index (χ2v) is 2.87. The predicted molar refractivity (Wildman–Crippen MR) is 51.0 cm³/mol. The van der Waals surface area contributed by atoms with Crippen molar-refractivity contribution in [3.8, 4) is 11.3 Å². The van der Waals surface area contributed by atoms with Crippen LogP contribution >= 0.6 is 0 Å². The Hall–Kier alpha value is -1.70. The van der Waals surface area contributed by atoms with E-state index in [0.29, 0.717) is 0 Å². The third-order valence-corrected chi connectivity index (χ3v) is 1.90. The molecular weight excluding hydrogens is 160 g/mol. The quantitative estimate of drug-likeness (QED) is 0.654. The molecule has 0 spiro atoms. The molecule has 13 heavy (non-hydrogen) atoms. The summed E-state index contributed by atoms with van der Waals surface area (Å²) in [6, 6.07) is 10.0. The van der Waals surface area contributed by atoms with E-state index in [4.69, 9.17) is 0 Å². The zero-order valence-electron chi connectivity index (χ0n) is 7.36. The van der Waals surface area contributed by atoms with Gasteiger partial charge in [-0.25, -0.2) is 9.97 Å². The van der Waals surface area contributed by atoms with Crippen molar-refractivity contribution in [2.45, 2.75) is 6.92 Å². The summed E-state index contributed by atoms with van der Waals surface area (Å²) in [7, 11) is 0. The summed E-state index contributed by atoms with van der Waals surface area (Å²) in [6.07, 6.45) is 4.37. The van der Waals surface area contributed by atoms with Crippen LogP contribution < -0.4 is 0 Å². The van der Waals surface area contributed by atoms with Gasteiger partial charge in [-0.2, -0.15) is 0 Å². The van der Waals surface area contributed by atoms with E-state index < -0.39 is 0 Å². The summed E-state index contributed by atoms with van der Waals surface area (Å²) in [6.45, 7) is 2.00. The van der Waals surface area contributed by atoms with E-state index in [-0.39, 0.29) is 0 Å². The molecule has 0 aliphatic heterocycles. The van der Waals surface area contributed by atoms with Crippen molar-refractivity contribution < 1.29 is 0 Å². The fourth-order valence-corrected chi connectivity index (χ4v) is 1.24. The van der Waals surface area contributed by atoms with E-state index in [1.54, 1.807) is 6.20 Å². The first-order valence-electron chi connectivity index (χ1n) is 4.13. The highest BCUT2D eigenvalue weighted by molar-refractivity contribution is 5.61. The van der Waals surface area contributed by atoms with Crippen molar-refractivity contribution in [1.29, 1.82) is 0 Å². The standard InChI is InChI=1S/C11H9N2/c1-9-7-12-8-13-11(9)10-5-3-2-4-6-10/h2-7H,1H3. The highest BCUT2D eigenvalue weighted by Crippen LogP contribution is 2.18. The molecule has 0 aliphatic carbocycles. The number of benzene rings is 1. The first-order valence-corrected chi connectivity index (χ1v) is 4.13. The maximum Gasteiger partial charge on any atom is 0.198 e. The van der Waals surface area contributed by atoms with Crippen molar-refractivity contribution in [1.82, 2.24) is 9.97 Å². The van der Waals surface area contributed by atoms with Crippen molar-refractivity contribution in [3.63, 3.8) is 0 Å². The van der Waals surface area contributed by atoms with Gasteiger partial charge < -0.3 is 0 Å². The second-order valence-electron chi connectivity index (χ2n) is 2.87. The molecule has 2 nitrogen and oxygen atoms in total. The van der Waals surface area contributed by atoms with Crippen LogP contribution in [0.2, 0.25) is 0 Å². The molecule has 0 bridgehead atoms. The van der Waals surface area contributed by atoms with Crippen molar-refractivity contribution in [3.05, 3.63) is 48.4 Å². The lowest BCUT2D eigenvalue weighted by Gasteiger charge is -2.01. The third-order valence-electron chi connectivity index (χ3n) is 1.90. The molecule has 1 aromatic heterocycles. The van der Waals surface area contributed by atoms with Crippen LogP contribution in [-0.4, -0.2) is 9.97 Å². The zero-order valence-corrected chi connectivity index (χ0v) is 7.36. The van der Waals surface area contributed by atoms with E-state index in [1.165, 1.54) is 0 Å². The first kappa shape index (κ1) is 7.92. The van der Waals surface area contributed by atoms with Crippen LogP contribution in [0.1, 0.15) is 5.56 Å². The minimum Gasteiger partial charge on any atom is -0.233 e. The molecule has 0 saturated heterocycles. The number of aromatic nitrogens is 2. The summed E-state index contributed by atoms with van der Waals surface area (Å²) in [5.41, 5.74) is 3.14. The van der Waals surface area contributed by atoms with Gasteiger partial charge in [-0.15, -0.1) is 0 Å². The summed E-state index contributed by atoms with van der Waals surface area (Å²) in [5, 5.41) is 0. The Bertz CT molecular complexity index is 396. The maximum absolute atomic E-state index is 4.11. The molecule has 0 amide bonds. The first-order chi connectivity index (χ1) is 6.38. The van der Waals surface area contributed by atoms with E-state index in [1.807, 2.05) is 37.3 Å². The predicted octanol–water partition coefficient (Wildman–Crippen LogP) is 2.25. The Morgan fingerprint density at radius 2 is 1.92 bits per heavy atom. The molecule has 1 radical (unpaired) electrons. The SMILES string of the molecule is Cc1cn[c]nc1-c1ccccc1. The molecule has 63 valence electrons. The highest BCUT2D eigenvalue weighted by atomic mass is 14.8. The number of hydrogen-bond donors (Lipinski definition) is 0. The van der Waals surface area contributed by atoms with Gasteiger partial charge in [-0.05, 0) is 12.5 Å². The van der Waals surface area contributed by atoms with Crippen LogP contribution in [0.4, 0.5) is 0 Å². The Morgan fingerprint density at radius 3 is 2.62 bits per heavy atom. The minimum atomic E-state index is 0.954.